The number of hydrogen-bond acceptors (Lipinski definition) is 2. The molecular weight excluding hydrogens is 186 g/mol. The number of hydrogen-bond donors (Lipinski definition) is 1. The topological polar surface area (TPSA) is 25.2 Å². The Labute approximate surface area is 93.1 Å². The van der Waals surface area contributed by atoms with Gasteiger partial charge < -0.3 is 9.73 Å². The molecule has 86 valence electrons. The van der Waals surface area contributed by atoms with E-state index < -0.39 is 0 Å². The molecule has 0 bridgehead atoms. The Morgan fingerprint density at radius 3 is 2.73 bits per heavy atom. The second-order valence-electron chi connectivity index (χ2n) is 4.47. The predicted octanol–water partition coefficient (Wildman–Crippen LogP) is 3.24. The van der Waals surface area contributed by atoms with E-state index in [1.165, 1.54) is 18.4 Å². The minimum Gasteiger partial charge on any atom is -0.472 e. The highest BCUT2D eigenvalue weighted by molar-refractivity contribution is 5.05. The summed E-state index contributed by atoms with van der Waals surface area (Å²) in [4.78, 5) is 0. The second-order valence-corrected chi connectivity index (χ2v) is 4.47. The van der Waals surface area contributed by atoms with E-state index in [-0.39, 0.29) is 0 Å². The molecule has 0 spiro atoms. The first kappa shape index (κ1) is 12.3. The highest BCUT2D eigenvalue weighted by atomic mass is 16.3. The maximum absolute atomic E-state index is 5.07. The predicted molar refractivity (Wildman–Crippen MR) is 63.9 cm³/mol. The summed E-state index contributed by atoms with van der Waals surface area (Å²) in [6.45, 7) is 7.89. The zero-order valence-electron chi connectivity index (χ0n) is 10.1. The van der Waals surface area contributed by atoms with E-state index in [0.717, 1.165) is 13.0 Å². The Hall–Kier alpha value is -0.760. The van der Waals surface area contributed by atoms with Gasteiger partial charge in [0, 0.05) is 6.04 Å². The third-order valence-electron chi connectivity index (χ3n) is 2.79. The van der Waals surface area contributed by atoms with Gasteiger partial charge in [0.1, 0.15) is 0 Å². The molecule has 1 aromatic rings. The maximum atomic E-state index is 5.07. The summed E-state index contributed by atoms with van der Waals surface area (Å²) in [6, 6.07) is 2.68. The summed E-state index contributed by atoms with van der Waals surface area (Å²) in [7, 11) is 0. The lowest BCUT2D eigenvalue weighted by atomic mass is 9.97. The van der Waals surface area contributed by atoms with Crippen molar-refractivity contribution in [3.63, 3.8) is 0 Å². The Morgan fingerprint density at radius 1 is 1.40 bits per heavy atom. The van der Waals surface area contributed by atoms with Gasteiger partial charge in [-0.3, -0.25) is 0 Å². The summed E-state index contributed by atoms with van der Waals surface area (Å²) in [5, 5.41) is 3.60. The third kappa shape index (κ3) is 4.52. The molecule has 0 amide bonds. The first-order valence-corrected chi connectivity index (χ1v) is 5.98. The average Bonchev–Trinajstić information content (AvgIpc) is 2.70. The van der Waals surface area contributed by atoms with E-state index in [2.05, 4.69) is 32.2 Å². The molecule has 1 atom stereocenters. The van der Waals surface area contributed by atoms with Crippen LogP contribution in [-0.2, 0) is 6.42 Å². The highest BCUT2D eigenvalue weighted by Gasteiger charge is 2.12. The molecule has 2 heteroatoms. The van der Waals surface area contributed by atoms with Crippen LogP contribution in [0.1, 0.15) is 39.2 Å². The zero-order chi connectivity index (χ0) is 11.1. The van der Waals surface area contributed by atoms with Crippen molar-refractivity contribution in [1.82, 2.24) is 5.32 Å². The van der Waals surface area contributed by atoms with Gasteiger partial charge in [0.25, 0.3) is 0 Å². The molecule has 0 saturated heterocycles. The van der Waals surface area contributed by atoms with Crippen molar-refractivity contribution in [2.45, 2.75) is 46.1 Å². The largest absolute Gasteiger partial charge is 0.472 e. The van der Waals surface area contributed by atoms with Crippen LogP contribution in [0.4, 0.5) is 0 Å². The van der Waals surface area contributed by atoms with Crippen LogP contribution in [0.5, 0.6) is 0 Å². The third-order valence-corrected chi connectivity index (χ3v) is 2.79. The van der Waals surface area contributed by atoms with Gasteiger partial charge in [-0.15, -0.1) is 0 Å². The van der Waals surface area contributed by atoms with Crippen molar-refractivity contribution < 1.29 is 4.42 Å². The second kappa shape index (κ2) is 6.67. The molecule has 1 N–H and O–H groups in total. The van der Waals surface area contributed by atoms with Gasteiger partial charge in [0.2, 0.25) is 0 Å². The standard InChI is InChI=1S/C13H23NO/c1-4-8-14-13(11(2)3)6-5-12-7-9-15-10-12/h7,9-11,13-14H,4-6,8H2,1-3H3. The molecule has 0 aliphatic rings. The van der Waals surface area contributed by atoms with Gasteiger partial charge in [-0.05, 0) is 43.4 Å². The van der Waals surface area contributed by atoms with Crippen LogP contribution in [0.3, 0.4) is 0 Å². The van der Waals surface area contributed by atoms with Crippen LogP contribution in [0.15, 0.2) is 23.0 Å². The Kier molecular flexibility index (Phi) is 5.48. The minimum absolute atomic E-state index is 0.625. The van der Waals surface area contributed by atoms with E-state index in [1.807, 2.05) is 6.26 Å². The Bertz CT molecular complexity index is 241. The van der Waals surface area contributed by atoms with Crippen molar-refractivity contribution in [2.24, 2.45) is 5.92 Å². The molecule has 0 fully saturated rings. The van der Waals surface area contributed by atoms with Crippen LogP contribution in [0, 0.1) is 5.92 Å². The van der Waals surface area contributed by atoms with E-state index >= 15 is 0 Å². The van der Waals surface area contributed by atoms with Gasteiger partial charge in [-0.25, -0.2) is 0 Å². The molecule has 0 aliphatic heterocycles. The van der Waals surface area contributed by atoms with E-state index in [4.69, 9.17) is 4.42 Å². The lowest BCUT2D eigenvalue weighted by molar-refractivity contribution is 0.378. The average molecular weight is 209 g/mol. The zero-order valence-corrected chi connectivity index (χ0v) is 10.1. The van der Waals surface area contributed by atoms with E-state index in [0.29, 0.717) is 12.0 Å². The highest BCUT2D eigenvalue weighted by Crippen LogP contribution is 2.11. The Morgan fingerprint density at radius 2 is 2.20 bits per heavy atom. The van der Waals surface area contributed by atoms with Crippen LogP contribution < -0.4 is 5.32 Å². The van der Waals surface area contributed by atoms with Crippen LogP contribution in [0.2, 0.25) is 0 Å². The molecule has 1 unspecified atom stereocenters. The summed E-state index contributed by atoms with van der Waals surface area (Å²) in [5.74, 6) is 0.698. The number of nitrogens with one attached hydrogen (secondary N) is 1. The summed E-state index contributed by atoms with van der Waals surface area (Å²) < 4.78 is 5.07. The maximum Gasteiger partial charge on any atom is 0.0934 e. The fourth-order valence-corrected chi connectivity index (χ4v) is 1.76. The lowest BCUT2D eigenvalue weighted by Gasteiger charge is -2.21. The number of furan rings is 1. The lowest BCUT2D eigenvalue weighted by Crippen LogP contribution is -2.34. The molecule has 1 heterocycles. The summed E-state index contributed by atoms with van der Waals surface area (Å²) >= 11 is 0. The fourth-order valence-electron chi connectivity index (χ4n) is 1.76. The van der Waals surface area contributed by atoms with Gasteiger partial charge >= 0.3 is 0 Å². The van der Waals surface area contributed by atoms with Crippen molar-refractivity contribution in [1.29, 1.82) is 0 Å². The number of aryl methyl sites for hydroxylation is 1. The Balaban J connectivity index is 2.31. The summed E-state index contributed by atoms with van der Waals surface area (Å²) in [5.41, 5.74) is 1.30. The van der Waals surface area contributed by atoms with Crippen LogP contribution >= 0.6 is 0 Å². The SMILES string of the molecule is CCCNC(CCc1ccoc1)C(C)C. The monoisotopic (exact) mass is 209 g/mol. The van der Waals surface area contributed by atoms with Crippen molar-refractivity contribution in [2.75, 3.05) is 6.54 Å². The molecule has 0 aromatic carbocycles. The van der Waals surface area contributed by atoms with Gasteiger partial charge in [-0.2, -0.15) is 0 Å². The molecule has 0 radical (unpaired) electrons. The first-order chi connectivity index (χ1) is 7.24. The van der Waals surface area contributed by atoms with Gasteiger partial charge in [0.05, 0.1) is 12.5 Å². The molecule has 1 aromatic heterocycles. The molecule has 0 aliphatic carbocycles. The molecule has 0 saturated carbocycles. The number of rotatable bonds is 7. The normalized spacial score (nSPS) is 13.3. The molecule has 2 nitrogen and oxygen atoms in total. The first-order valence-electron chi connectivity index (χ1n) is 5.98. The van der Waals surface area contributed by atoms with Crippen molar-refractivity contribution in [3.05, 3.63) is 24.2 Å². The van der Waals surface area contributed by atoms with Gasteiger partial charge in [0.15, 0.2) is 0 Å². The smallest absolute Gasteiger partial charge is 0.0934 e. The fraction of sp³-hybridized carbons (Fsp3) is 0.692. The molecular formula is C13H23NO. The van der Waals surface area contributed by atoms with Crippen molar-refractivity contribution in [3.8, 4) is 0 Å². The quantitative estimate of drug-likeness (QED) is 0.745. The van der Waals surface area contributed by atoms with Gasteiger partial charge in [-0.1, -0.05) is 20.8 Å². The van der Waals surface area contributed by atoms with Crippen LogP contribution in [-0.4, -0.2) is 12.6 Å². The van der Waals surface area contributed by atoms with E-state index in [9.17, 15) is 0 Å². The summed E-state index contributed by atoms with van der Waals surface area (Å²) in [6.07, 6.45) is 7.10. The van der Waals surface area contributed by atoms with Crippen molar-refractivity contribution >= 4 is 0 Å². The van der Waals surface area contributed by atoms with E-state index in [1.54, 1.807) is 6.26 Å². The van der Waals surface area contributed by atoms with Crippen LogP contribution in [0.25, 0.3) is 0 Å². The minimum atomic E-state index is 0.625. The molecule has 1 rings (SSSR count). The molecule has 15 heavy (non-hydrogen) atoms.